The lowest BCUT2D eigenvalue weighted by atomic mass is 10.2. The monoisotopic (exact) mass is 345 g/mol. The van der Waals surface area contributed by atoms with E-state index in [-0.39, 0.29) is 12.1 Å². The summed E-state index contributed by atoms with van der Waals surface area (Å²) in [6.07, 6.45) is 6.21. The lowest BCUT2D eigenvalue weighted by Crippen LogP contribution is -2.46. The Balaban J connectivity index is 1.47. The maximum Gasteiger partial charge on any atom is 0.317 e. The van der Waals surface area contributed by atoms with Gasteiger partial charge >= 0.3 is 6.03 Å². The molecule has 0 saturated carbocycles. The Hall–Kier alpha value is -2.71. The fourth-order valence-electron chi connectivity index (χ4n) is 3.40. The van der Waals surface area contributed by atoms with E-state index in [9.17, 15) is 9.18 Å². The maximum atomic E-state index is 13.1. The minimum Gasteiger partial charge on any atom is -0.336 e. The van der Waals surface area contributed by atoms with Crippen LogP contribution in [-0.2, 0) is 6.54 Å². The Kier molecular flexibility index (Phi) is 4.21. The van der Waals surface area contributed by atoms with E-state index in [0.29, 0.717) is 25.6 Å². The first-order valence-electron chi connectivity index (χ1n) is 8.48. The number of urea groups is 1. The first-order chi connectivity index (χ1) is 12.2. The summed E-state index contributed by atoms with van der Waals surface area (Å²) in [5.41, 5.74) is 1.01. The van der Waals surface area contributed by atoms with Crippen LogP contribution < -0.4 is 10.2 Å². The van der Waals surface area contributed by atoms with Gasteiger partial charge in [-0.2, -0.15) is 5.10 Å². The second-order valence-electron chi connectivity index (χ2n) is 6.38. The molecule has 0 aliphatic carbocycles. The van der Waals surface area contributed by atoms with Gasteiger partial charge in [-0.15, -0.1) is 0 Å². The first-order valence-corrected chi connectivity index (χ1v) is 8.48. The Morgan fingerprint density at radius 1 is 1.28 bits per heavy atom. The van der Waals surface area contributed by atoms with Gasteiger partial charge in [0, 0.05) is 32.4 Å². The number of rotatable bonds is 3. The molecule has 9 heteroatoms. The average Bonchev–Trinajstić information content (AvgIpc) is 3.31. The molecule has 0 unspecified atom stereocenters. The number of carbonyl (C=O) groups is 1. The van der Waals surface area contributed by atoms with Crippen LogP contribution in [0.1, 0.15) is 24.6 Å². The Bertz CT molecular complexity index is 741. The quantitative estimate of drug-likeness (QED) is 0.904. The second-order valence-corrected chi connectivity index (χ2v) is 6.38. The van der Waals surface area contributed by atoms with Crippen molar-refractivity contribution in [2.45, 2.75) is 25.4 Å². The number of nitrogens with one attached hydrogen (secondary N) is 1. The number of anilines is 1. The average molecular weight is 345 g/mol. The van der Waals surface area contributed by atoms with Crippen LogP contribution in [0.4, 0.5) is 15.1 Å². The van der Waals surface area contributed by atoms with Gasteiger partial charge < -0.3 is 15.1 Å². The molecule has 0 spiro atoms. The van der Waals surface area contributed by atoms with Gasteiger partial charge in [-0.3, -0.25) is 4.68 Å². The maximum absolute atomic E-state index is 13.1. The molecule has 8 nitrogen and oxygen atoms in total. The van der Waals surface area contributed by atoms with Gasteiger partial charge in [0.2, 0.25) is 5.95 Å². The molecule has 1 saturated heterocycles. The predicted molar refractivity (Wildman–Crippen MR) is 88.5 cm³/mol. The van der Waals surface area contributed by atoms with Crippen molar-refractivity contribution in [2.24, 2.45) is 0 Å². The highest BCUT2D eigenvalue weighted by atomic mass is 19.1. The highest BCUT2D eigenvalue weighted by molar-refractivity contribution is 5.74. The SMILES string of the molecule is O=C(NC[C@@H]1CN(c2ncc(F)cn2)Cc2ccnn21)N1CCCC1. The molecular weight excluding hydrogens is 325 g/mol. The van der Waals surface area contributed by atoms with Crippen molar-refractivity contribution < 1.29 is 9.18 Å². The summed E-state index contributed by atoms with van der Waals surface area (Å²) in [4.78, 5) is 24.2. The zero-order valence-electron chi connectivity index (χ0n) is 13.8. The van der Waals surface area contributed by atoms with Gasteiger partial charge in [0.25, 0.3) is 0 Å². The third-order valence-electron chi connectivity index (χ3n) is 4.65. The molecule has 2 aliphatic rings. The molecule has 2 amide bonds. The number of amides is 2. The van der Waals surface area contributed by atoms with E-state index < -0.39 is 5.82 Å². The second kappa shape index (κ2) is 6.66. The largest absolute Gasteiger partial charge is 0.336 e. The molecule has 2 aromatic heterocycles. The molecule has 1 fully saturated rings. The molecule has 1 atom stereocenters. The Morgan fingerprint density at radius 3 is 2.80 bits per heavy atom. The van der Waals surface area contributed by atoms with Crippen LogP contribution in [-0.4, -0.2) is 56.9 Å². The summed E-state index contributed by atoms with van der Waals surface area (Å²) in [5, 5.41) is 7.38. The summed E-state index contributed by atoms with van der Waals surface area (Å²) >= 11 is 0. The number of nitrogens with zero attached hydrogens (tertiary/aromatic N) is 6. The zero-order valence-corrected chi connectivity index (χ0v) is 13.8. The Labute approximate surface area is 144 Å². The molecule has 2 aliphatic heterocycles. The molecule has 2 aromatic rings. The number of hydrogen-bond donors (Lipinski definition) is 1. The van der Waals surface area contributed by atoms with Gasteiger partial charge in [-0.1, -0.05) is 0 Å². The van der Waals surface area contributed by atoms with Gasteiger partial charge in [-0.05, 0) is 18.9 Å². The van der Waals surface area contributed by atoms with E-state index in [1.54, 1.807) is 6.20 Å². The van der Waals surface area contributed by atoms with Crippen molar-refractivity contribution >= 4 is 12.0 Å². The van der Waals surface area contributed by atoms with E-state index in [1.807, 2.05) is 20.5 Å². The minimum atomic E-state index is -0.458. The van der Waals surface area contributed by atoms with E-state index in [1.165, 1.54) is 12.4 Å². The molecular formula is C16H20FN7O. The van der Waals surface area contributed by atoms with Crippen LogP contribution in [0.15, 0.2) is 24.7 Å². The van der Waals surface area contributed by atoms with Crippen molar-refractivity contribution in [2.75, 3.05) is 31.1 Å². The normalized spacial score (nSPS) is 19.8. The van der Waals surface area contributed by atoms with Gasteiger partial charge in [-0.25, -0.2) is 19.2 Å². The third-order valence-corrected chi connectivity index (χ3v) is 4.65. The van der Waals surface area contributed by atoms with Crippen LogP contribution >= 0.6 is 0 Å². The van der Waals surface area contributed by atoms with Crippen LogP contribution in [0, 0.1) is 5.82 Å². The summed E-state index contributed by atoms with van der Waals surface area (Å²) in [5.74, 6) is 0.0185. The summed E-state index contributed by atoms with van der Waals surface area (Å²) in [7, 11) is 0. The summed E-state index contributed by atoms with van der Waals surface area (Å²) in [6, 6.07) is 1.88. The molecule has 0 bridgehead atoms. The van der Waals surface area contributed by atoms with Gasteiger partial charge in [0.1, 0.15) is 0 Å². The third kappa shape index (κ3) is 3.26. The smallest absolute Gasteiger partial charge is 0.317 e. The molecule has 4 heterocycles. The van der Waals surface area contributed by atoms with Crippen LogP contribution in [0.2, 0.25) is 0 Å². The van der Waals surface area contributed by atoms with Crippen LogP contribution in [0.3, 0.4) is 0 Å². The van der Waals surface area contributed by atoms with Crippen molar-refractivity contribution in [3.05, 3.63) is 36.2 Å². The van der Waals surface area contributed by atoms with E-state index in [2.05, 4.69) is 20.4 Å². The van der Waals surface area contributed by atoms with Crippen LogP contribution in [0.25, 0.3) is 0 Å². The Morgan fingerprint density at radius 2 is 2.04 bits per heavy atom. The van der Waals surface area contributed by atoms with Crippen molar-refractivity contribution in [1.29, 1.82) is 0 Å². The summed E-state index contributed by atoms with van der Waals surface area (Å²) < 4.78 is 15.0. The number of carbonyl (C=O) groups excluding carboxylic acids is 1. The zero-order chi connectivity index (χ0) is 17.2. The number of aromatic nitrogens is 4. The van der Waals surface area contributed by atoms with E-state index in [0.717, 1.165) is 31.6 Å². The number of halogens is 1. The number of hydrogen-bond acceptors (Lipinski definition) is 5. The van der Waals surface area contributed by atoms with E-state index >= 15 is 0 Å². The van der Waals surface area contributed by atoms with Crippen molar-refractivity contribution in [3.63, 3.8) is 0 Å². The lowest BCUT2D eigenvalue weighted by molar-refractivity contribution is 0.206. The summed E-state index contributed by atoms with van der Waals surface area (Å²) in [6.45, 7) is 3.31. The molecule has 4 rings (SSSR count). The standard InChI is InChI=1S/C16H20FN7O/c17-12-7-18-15(19-8-12)23-10-13-3-4-21-24(13)14(11-23)9-20-16(25)22-5-1-2-6-22/h3-4,7-8,14H,1-2,5-6,9-11H2,(H,20,25)/t14-/m1/s1. The fraction of sp³-hybridized carbons (Fsp3) is 0.500. The lowest BCUT2D eigenvalue weighted by Gasteiger charge is -2.34. The molecule has 0 radical (unpaired) electrons. The predicted octanol–water partition coefficient (Wildman–Crippen LogP) is 1.18. The van der Waals surface area contributed by atoms with E-state index in [4.69, 9.17) is 0 Å². The molecule has 132 valence electrons. The highest BCUT2D eigenvalue weighted by Gasteiger charge is 2.28. The molecule has 25 heavy (non-hydrogen) atoms. The van der Waals surface area contributed by atoms with Gasteiger partial charge in [0.15, 0.2) is 5.82 Å². The molecule has 0 aromatic carbocycles. The highest BCUT2D eigenvalue weighted by Crippen LogP contribution is 2.23. The van der Waals surface area contributed by atoms with Gasteiger partial charge in [0.05, 0.1) is 30.7 Å². The van der Waals surface area contributed by atoms with Crippen LogP contribution in [0.5, 0.6) is 0 Å². The number of likely N-dealkylation sites (tertiary alicyclic amines) is 1. The minimum absolute atomic E-state index is 0.0265. The first kappa shape index (κ1) is 15.8. The van der Waals surface area contributed by atoms with Crippen molar-refractivity contribution in [3.8, 4) is 0 Å². The van der Waals surface area contributed by atoms with Crippen molar-refractivity contribution in [1.82, 2.24) is 30.0 Å². The topological polar surface area (TPSA) is 79.2 Å². The molecule has 1 N–H and O–H groups in total. The number of fused-ring (bicyclic) bond motifs is 1. The fourth-order valence-corrected chi connectivity index (χ4v) is 3.40.